The number of carbonyl (C=O) groups is 1. The average Bonchev–Trinajstić information content (AvgIpc) is 3.18. The lowest BCUT2D eigenvalue weighted by Crippen LogP contribution is -2.24. The normalized spacial score (nSPS) is 16.0. The van der Waals surface area contributed by atoms with E-state index in [4.69, 9.17) is 5.26 Å². The molecule has 1 saturated heterocycles. The SMILES string of the molecule is N#Cc1ccc(CNC(=O)c2ncc3nc(N4CC[C@H](O)C4)ccc3c2O)cn1. The number of amides is 1. The molecule has 0 spiro atoms. The first-order chi connectivity index (χ1) is 14.0. The summed E-state index contributed by atoms with van der Waals surface area (Å²) in [5.41, 5.74) is 1.39. The van der Waals surface area contributed by atoms with E-state index < -0.39 is 5.91 Å². The van der Waals surface area contributed by atoms with Crippen LogP contribution in [0.3, 0.4) is 0 Å². The minimum absolute atomic E-state index is 0.0924. The maximum atomic E-state index is 12.5. The van der Waals surface area contributed by atoms with Crippen LogP contribution in [0.2, 0.25) is 0 Å². The third-order valence-corrected chi connectivity index (χ3v) is 4.80. The van der Waals surface area contributed by atoms with Crippen molar-refractivity contribution in [1.29, 1.82) is 5.26 Å². The van der Waals surface area contributed by atoms with Crippen molar-refractivity contribution in [3.8, 4) is 11.8 Å². The minimum Gasteiger partial charge on any atom is -0.505 e. The predicted molar refractivity (Wildman–Crippen MR) is 104 cm³/mol. The molecule has 9 heteroatoms. The fraction of sp³-hybridized carbons (Fsp3) is 0.250. The number of pyridine rings is 3. The Balaban J connectivity index is 1.51. The molecule has 1 amide bonds. The number of hydrogen-bond acceptors (Lipinski definition) is 8. The highest BCUT2D eigenvalue weighted by atomic mass is 16.3. The van der Waals surface area contributed by atoms with Gasteiger partial charge in [-0.3, -0.25) is 4.79 Å². The average molecular weight is 390 g/mol. The van der Waals surface area contributed by atoms with Crippen molar-refractivity contribution in [3.63, 3.8) is 0 Å². The van der Waals surface area contributed by atoms with Crippen LogP contribution in [0.4, 0.5) is 5.82 Å². The van der Waals surface area contributed by atoms with E-state index in [1.807, 2.05) is 11.0 Å². The molecule has 0 aliphatic carbocycles. The number of nitrogens with zero attached hydrogens (tertiary/aromatic N) is 5. The molecular weight excluding hydrogens is 372 g/mol. The zero-order chi connectivity index (χ0) is 20.4. The van der Waals surface area contributed by atoms with Crippen LogP contribution in [0.25, 0.3) is 10.9 Å². The lowest BCUT2D eigenvalue weighted by atomic mass is 10.2. The summed E-state index contributed by atoms with van der Waals surface area (Å²) in [7, 11) is 0. The molecule has 0 unspecified atom stereocenters. The molecule has 3 aromatic rings. The van der Waals surface area contributed by atoms with Gasteiger partial charge < -0.3 is 20.4 Å². The lowest BCUT2D eigenvalue weighted by molar-refractivity contribution is 0.0943. The van der Waals surface area contributed by atoms with E-state index in [0.29, 0.717) is 41.9 Å². The molecule has 1 atom stereocenters. The number of hydrogen-bond donors (Lipinski definition) is 3. The Morgan fingerprint density at radius 1 is 1.28 bits per heavy atom. The molecular formula is C20H18N6O3. The summed E-state index contributed by atoms with van der Waals surface area (Å²) in [4.78, 5) is 26.9. The van der Waals surface area contributed by atoms with Crippen molar-refractivity contribution in [3.05, 3.63) is 53.6 Å². The van der Waals surface area contributed by atoms with Gasteiger partial charge in [0.2, 0.25) is 0 Å². The Kier molecular flexibility index (Phi) is 4.93. The second kappa shape index (κ2) is 7.69. The highest BCUT2D eigenvalue weighted by Gasteiger charge is 2.22. The highest BCUT2D eigenvalue weighted by molar-refractivity contribution is 6.00. The van der Waals surface area contributed by atoms with Gasteiger partial charge in [0.25, 0.3) is 5.91 Å². The molecule has 4 heterocycles. The number of fused-ring (bicyclic) bond motifs is 1. The van der Waals surface area contributed by atoms with Crippen LogP contribution in [0.15, 0.2) is 36.7 Å². The van der Waals surface area contributed by atoms with Crippen LogP contribution >= 0.6 is 0 Å². The van der Waals surface area contributed by atoms with E-state index in [9.17, 15) is 15.0 Å². The number of aromatic nitrogens is 3. The first kappa shape index (κ1) is 18.6. The van der Waals surface area contributed by atoms with Gasteiger partial charge in [-0.2, -0.15) is 5.26 Å². The Labute approximate surface area is 166 Å². The second-order valence-corrected chi connectivity index (χ2v) is 6.79. The van der Waals surface area contributed by atoms with Gasteiger partial charge in [0.15, 0.2) is 11.4 Å². The maximum Gasteiger partial charge on any atom is 0.274 e. The smallest absolute Gasteiger partial charge is 0.274 e. The molecule has 146 valence electrons. The lowest BCUT2D eigenvalue weighted by Gasteiger charge is -2.17. The number of aromatic hydroxyl groups is 1. The molecule has 1 fully saturated rings. The van der Waals surface area contributed by atoms with E-state index in [2.05, 4.69) is 20.3 Å². The van der Waals surface area contributed by atoms with Crippen molar-refractivity contribution in [2.45, 2.75) is 19.1 Å². The molecule has 29 heavy (non-hydrogen) atoms. The van der Waals surface area contributed by atoms with E-state index in [0.717, 1.165) is 5.56 Å². The number of carbonyl (C=O) groups excluding carboxylic acids is 1. The Morgan fingerprint density at radius 3 is 2.83 bits per heavy atom. The molecule has 3 aromatic heterocycles. The third kappa shape index (κ3) is 3.79. The number of nitriles is 1. The fourth-order valence-electron chi connectivity index (χ4n) is 3.23. The second-order valence-electron chi connectivity index (χ2n) is 6.79. The minimum atomic E-state index is -0.527. The largest absolute Gasteiger partial charge is 0.505 e. The first-order valence-corrected chi connectivity index (χ1v) is 9.10. The molecule has 9 nitrogen and oxygen atoms in total. The number of aliphatic hydroxyl groups excluding tert-OH is 1. The van der Waals surface area contributed by atoms with Gasteiger partial charge in [-0.25, -0.2) is 15.0 Å². The van der Waals surface area contributed by atoms with Crippen LogP contribution in [-0.2, 0) is 6.54 Å². The zero-order valence-electron chi connectivity index (χ0n) is 15.4. The zero-order valence-corrected chi connectivity index (χ0v) is 15.4. The van der Waals surface area contributed by atoms with Crippen LogP contribution in [-0.4, -0.2) is 50.3 Å². The van der Waals surface area contributed by atoms with Gasteiger partial charge in [0.1, 0.15) is 17.6 Å². The van der Waals surface area contributed by atoms with E-state index in [1.165, 1.54) is 12.4 Å². The maximum absolute atomic E-state index is 12.5. The number of β-amino-alcohol motifs (C(OH)–C–C–N with tert-alkyl or cyclic N) is 1. The third-order valence-electron chi connectivity index (χ3n) is 4.80. The van der Waals surface area contributed by atoms with Crippen LogP contribution in [0.1, 0.15) is 28.2 Å². The van der Waals surface area contributed by atoms with Crippen molar-refractivity contribution in [2.75, 3.05) is 18.0 Å². The molecule has 4 rings (SSSR count). The Hall–Kier alpha value is -3.77. The molecule has 0 saturated carbocycles. The fourth-order valence-corrected chi connectivity index (χ4v) is 3.23. The van der Waals surface area contributed by atoms with E-state index in [-0.39, 0.29) is 24.1 Å². The summed E-state index contributed by atoms with van der Waals surface area (Å²) in [6.07, 6.45) is 3.28. The summed E-state index contributed by atoms with van der Waals surface area (Å²) in [5, 5.41) is 32.1. The summed E-state index contributed by atoms with van der Waals surface area (Å²) in [6.45, 7) is 1.41. The number of nitrogens with one attached hydrogen (secondary N) is 1. The monoisotopic (exact) mass is 390 g/mol. The molecule has 0 radical (unpaired) electrons. The van der Waals surface area contributed by atoms with Gasteiger partial charge in [0, 0.05) is 31.2 Å². The molecule has 0 bridgehead atoms. The van der Waals surface area contributed by atoms with Gasteiger partial charge in [-0.1, -0.05) is 6.07 Å². The van der Waals surface area contributed by atoms with Crippen LogP contribution in [0, 0.1) is 11.3 Å². The van der Waals surface area contributed by atoms with E-state index >= 15 is 0 Å². The standard InChI is InChI=1S/C20H18N6O3/c21-7-13-2-1-12(8-22-13)9-24-20(29)18-19(28)15-3-4-17(25-16(15)10-23-18)26-6-5-14(27)11-26/h1-4,8,10,14,27-28H,5-6,9,11H2,(H,24,29)/t14-/m0/s1. The predicted octanol–water partition coefficient (Wildman–Crippen LogP) is 1.10. The summed E-state index contributed by atoms with van der Waals surface area (Å²) >= 11 is 0. The highest BCUT2D eigenvalue weighted by Crippen LogP contribution is 2.29. The Morgan fingerprint density at radius 2 is 2.14 bits per heavy atom. The molecule has 1 aliphatic heterocycles. The van der Waals surface area contributed by atoms with Crippen molar-refractivity contribution in [2.24, 2.45) is 0 Å². The molecule has 3 N–H and O–H groups in total. The van der Waals surface area contributed by atoms with Crippen molar-refractivity contribution in [1.82, 2.24) is 20.3 Å². The topological polar surface area (TPSA) is 135 Å². The quantitative estimate of drug-likeness (QED) is 0.603. The number of anilines is 1. The summed E-state index contributed by atoms with van der Waals surface area (Å²) in [6, 6.07) is 8.64. The van der Waals surface area contributed by atoms with Gasteiger partial charge in [-0.15, -0.1) is 0 Å². The number of rotatable bonds is 4. The summed E-state index contributed by atoms with van der Waals surface area (Å²) < 4.78 is 0. The first-order valence-electron chi connectivity index (χ1n) is 9.10. The van der Waals surface area contributed by atoms with E-state index in [1.54, 1.807) is 24.3 Å². The molecule has 1 aliphatic rings. The van der Waals surface area contributed by atoms with Gasteiger partial charge in [-0.05, 0) is 30.2 Å². The molecule has 0 aromatic carbocycles. The summed E-state index contributed by atoms with van der Waals surface area (Å²) in [5.74, 6) is -0.0697. The Bertz CT molecular complexity index is 1110. The van der Waals surface area contributed by atoms with Crippen LogP contribution in [0.5, 0.6) is 5.75 Å². The van der Waals surface area contributed by atoms with Crippen LogP contribution < -0.4 is 10.2 Å². The van der Waals surface area contributed by atoms with Crippen molar-refractivity contribution < 1.29 is 15.0 Å². The number of aliphatic hydroxyl groups is 1. The van der Waals surface area contributed by atoms with Gasteiger partial charge >= 0.3 is 0 Å². The van der Waals surface area contributed by atoms with Crippen molar-refractivity contribution >= 4 is 22.6 Å². The van der Waals surface area contributed by atoms with Gasteiger partial charge in [0.05, 0.1) is 17.8 Å².